The summed E-state index contributed by atoms with van der Waals surface area (Å²) in [6, 6.07) is -0.635. The third-order valence-electron chi connectivity index (χ3n) is 8.39. The monoisotopic (exact) mass is 753 g/mol. The first-order chi connectivity index (χ1) is 26.1. The second kappa shape index (κ2) is 36.2. The minimum Gasteiger partial charge on any atom is -0.477 e. The number of carbonyl (C=O) groups is 3. The number of esters is 2. The van der Waals surface area contributed by atoms with Crippen LogP contribution in [0.4, 0.5) is 0 Å². The molecule has 0 radical (unpaired) electrons. The van der Waals surface area contributed by atoms with Gasteiger partial charge in [-0.2, -0.15) is 0 Å². The van der Waals surface area contributed by atoms with Crippen LogP contribution >= 0.6 is 0 Å². The maximum absolute atomic E-state index is 12.6. The van der Waals surface area contributed by atoms with Gasteiger partial charge in [0.25, 0.3) is 0 Å². The second-order valence-electron chi connectivity index (χ2n) is 14.3. The number of rotatable bonds is 34. The number of nitrogens with zero attached hydrogens (tertiary/aromatic N) is 1. The number of aliphatic carboxylic acids is 1. The smallest absolute Gasteiger partial charge is 0.362 e. The molecule has 0 aromatic heterocycles. The van der Waals surface area contributed by atoms with Crippen molar-refractivity contribution >= 4 is 17.9 Å². The molecule has 0 aromatic rings. The van der Waals surface area contributed by atoms with Gasteiger partial charge in [-0.25, -0.2) is 4.79 Å². The van der Waals surface area contributed by atoms with E-state index in [9.17, 15) is 19.5 Å². The van der Waals surface area contributed by atoms with E-state index < -0.39 is 24.1 Å². The third-order valence-corrected chi connectivity index (χ3v) is 8.39. The number of unbranched alkanes of at least 4 members (excludes halogenated alkanes) is 9. The van der Waals surface area contributed by atoms with E-state index in [1.165, 1.54) is 38.5 Å². The lowest BCUT2D eigenvalue weighted by Gasteiger charge is -2.31. The van der Waals surface area contributed by atoms with E-state index in [-0.39, 0.29) is 43.1 Å². The molecule has 0 aliphatic heterocycles. The largest absolute Gasteiger partial charge is 0.477 e. The van der Waals surface area contributed by atoms with Crippen molar-refractivity contribution in [2.24, 2.45) is 0 Å². The maximum atomic E-state index is 12.6. The molecule has 0 spiro atoms. The van der Waals surface area contributed by atoms with Gasteiger partial charge in [0, 0.05) is 19.3 Å². The fraction of sp³-hybridized carbons (Fsp3) is 0.587. The Morgan fingerprint density at radius 2 is 1.15 bits per heavy atom. The molecule has 304 valence electrons. The van der Waals surface area contributed by atoms with Crippen LogP contribution in [0, 0.1) is 0 Å². The molecule has 0 bridgehead atoms. The van der Waals surface area contributed by atoms with E-state index in [0.29, 0.717) is 19.3 Å². The molecular weight excluding hydrogens is 679 g/mol. The van der Waals surface area contributed by atoms with Crippen molar-refractivity contribution in [3.63, 3.8) is 0 Å². The van der Waals surface area contributed by atoms with Gasteiger partial charge in [0.1, 0.15) is 6.61 Å². The molecule has 0 fully saturated rings. The zero-order valence-corrected chi connectivity index (χ0v) is 34.4. The Bertz CT molecular complexity index is 1200. The van der Waals surface area contributed by atoms with Crippen molar-refractivity contribution < 1.29 is 38.2 Å². The number of allylic oxidation sites excluding steroid dienone is 16. The van der Waals surface area contributed by atoms with Gasteiger partial charge in [0.15, 0.2) is 12.1 Å². The molecular formula is C46H74NO7+. The molecule has 0 rings (SSSR count). The van der Waals surface area contributed by atoms with Crippen molar-refractivity contribution in [2.75, 3.05) is 41.0 Å². The van der Waals surface area contributed by atoms with E-state index >= 15 is 0 Å². The fourth-order valence-corrected chi connectivity index (χ4v) is 5.23. The minimum absolute atomic E-state index is 0.0172. The summed E-state index contributed by atoms with van der Waals surface area (Å²) < 4.78 is 17.1. The Balaban J connectivity index is 4.59. The number of carbonyl (C=O) groups excluding carboxylic acids is 2. The summed E-state index contributed by atoms with van der Waals surface area (Å²) in [7, 11) is 5.47. The van der Waals surface area contributed by atoms with Gasteiger partial charge in [0.2, 0.25) is 0 Å². The normalized spacial score (nSPS) is 14.0. The molecule has 0 saturated carbocycles. The summed E-state index contributed by atoms with van der Waals surface area (Å²) in [6.07, 6.45) is 47.5. The van der Waals surface area contributed by atoms with E-state index in [0.717, 1.165) is 38.5 Å². The first-order valence-electron chi connectivity index (χ1n) is 20.4. The van der Waals surface area contributed by atoms with Crippen LogP contribution in [0.5, 0.6) is 0 Å². The first-order valence-corrected chi connectivity index (χ1v) is 20.4. The van der Waals surface area contributed by atoms with Crippen LogP contribution in [-0.2, 0) is 28.6 Å². The molecule has 8 nitrogen and oxygen atoms in total. The lowest BCUT2D eigenvalue weighted by atomic mass is 10.1. The maximum Gasteiger partial charge on any atom is 0.362 e. The van der Waals surface area contributed by atoms with Crippen LogP contribution in [0.1, 0.15) is 123 Å². The number of carboxylic acid groups (broad SMARTS) is 1. The van der Waals surface area contributed by atoms with Gasteiger partial charge in [-0.1, -0.05) is 150 Å². The average Bonchev–Trinajstić information content (AvgIpc) is 3.12. The van der Waals surface area contributed by atoms with Crippen molar-refractivity contribution in [1.29, 1.82) is 0 Å². The quantitative estimate of drug-likeness (QED) is 0.0230. The van der Waals surface area contributed by atoms with E-state index in [4.69, 9.17) is 14.2 Å². The number of carboxylic acids is 1. The predicted molar refractivity (Wildman–Crippen MR) is 224 cm³/mol. The molecule has 0 heterocycles. The number of hydrogen-bond donors (Lipinski definition) is 1. The van der Waals surface area contributed by atoms with Gasteiger partial charge >= 0.3 is 17.9 Å². The Labute approximate surface area is 328 Å². The van der Waals surface area contributed by atoms with E-state index in [1.54, 1.807) is 0 Å². The predicted octanol–water partition coefficient (Wildman–Crippen LogP) is 10.7. The van der Waals surface area contributed by atoms with Crippen LogP contribution in [0.25, 0.3) is 0 Å². The van der Waals surface area contributed by atoms with Crippen LogP contribution < -0.4 is 0 Å². The van der Waals surface area contributed by atoms with Crippen molar-refractivity contribution in [2.45, 2.75) is 135 Å². The first kappa shape index (κ1) is 50.2. The van der Waals surface area contributed by atoms with Gasteiger partial charge in [-0.15, -0.1) is 0 Å². The SMILES string of the molecule is CC/C=C/C=C/C=C/C=C/C=C/C=C/CCCCCC(=O)OCC(COCCC(C(=O)O)[N+](C)(C)C)OC(=O)CC/C=C/C/C=C/CCCCCCCC. The summed E-state index contributed by atoms with van der Waals surface area (Å²) in [5.74, 6) is -1.63. The number of quaternary nitrogens is 1. The molecule has 2 unspecified atom stereocenters. The summed E-state index contributed by atoms with van der Waals surface area (Å²) in [5.41, 5.74) is 0. The summed E-state index contributed by atoms with van der Waals surface area (Å²) in [5, 5.41) is 9.59. The fourth-order valence-electron chi connectivity index (χ4n) is 5.23. The molecule has 0 aliphatic carbocycles. The molecule has 0 aromatic carbocycles. The average molecular weight is 753 g/mol. The second-order valence-corrected chi connectivity index (χ2v) is 14.3. The zero-order chi connectivity index (χ0) is 40.0. The Morgan fingerprint density at radius 1 is 0.593 bits per heavy atom. The Kier molecular flexibility index (Phi) is 33.7. The van der Waals surface area contributed by atoms with Crippen LogP contribution in [0.15, 0.2) is 97.2 Å². The molecule has 1 N–H and O–H groups in total. The highest BCUT2D eigenvalue weighted by Crippen LogP contribution is 2.11. The molecule has 0 amide bonds. The Morgan fingerprint density at radius 3 is 1.76 bits per heavy atom. The van der Waals surface area contributed by atoms with Crippen LogP contribution in [0.3, 0.4) is 0 Å². The number of likely N-dealkylation sites (N-methyl/N-ethyl adjacent to an activating group) is 1. The van der Waals surface area contributed by atoms with Crippen molar-refractivity contribution in [3.05, 3.63) is 97.2 Å². The molecule has 0 aliphatic rings. The summed E-state index contributed by atoms with van der Waals surface area (Å²) >= 11 is 0. The Hall–Kier alpha value is -3.75. The minimum atomic E-state index is -0.895. The van der Waals surface area contributed by atoms with Crippen molar-refractivity contribution in [3.8, 4) is 0 Å². The molecule has 54 heavy (non-hydrogen) atoms. The molecule has 2 atom stereocenters. The topological polar surface area (TPSA) is 99.1 Å². The van der Waals surface area contributed by atoms with Crippen molar-refractivity contribution in [1.82, 2.24) is 0 Å². The summed E-state index contributed by atoms with van der Waals surface area (Å²) in [4.78, 5) is 36.8. The third kappa shape index (κ3) is 34.0. The highest BCUT2D eigenvalue weighted by Gasteiger charge is 2.31. The standard InChI is InChI=1S/C46H73NO7/c1-6-8-10-12-14-16-18-20-21-22-23-25-26-28-30-32-34-36-44(48)53-41-42(40-52-39-38-43(46(50)51)47(3,4)5)54-45(49)37-35-33-31-29-27-24-19-17-15-13-11-9-7-2/h8,10,12,14,16,18,20-27,31,33,42-43H,6-7,9,11,13,15,17,19,28-30,32,34-41H2,1-5H3/p+1/b10-8+,14-12+,18-16+,21-20+,23-22+,26-25+,27-24+,33-31+. The lowest BCUT2D eigenvalue weighted by Crippen LogP contribution is -2.50. The van der Waals surface area contributed by atoms with Gasteiger partial charge in [-0.05, 0) is 51.4 Å². The summed E-state index contributed by atoms with van der Waals surface area (Å²) in [6.45, 7) is 4.44. The van der Waals surface area contributed by atoms with Crippen LogP contribution in [-0.4, -0.2) is 80.6 Å². The highest BCUT2D eigenvalue weighted by atomic mass is 16.6. The molecule has 8 heteroatoms. The van der Waals surface area contributed by atoms with E-state index in [2.05, 4.69) is 44.2 Å². The van der Waals surface area contributed by atoms with Crippen LogP contribution in [0.2, 0.25) is 0 Å². The van der Waals surface area contributed by atoms with Gasteiger partial charge in [-0.3, -0.25) is 9.59 Å². The highest BCUT2D eigenvalue weighted by molar-refractivity contribution is 5.72. The van der Waals surface area contributed by atoms with Gasteiger partial charge < -0.3 is 23.8 Å². The number of ether oxygens (including phenoxy) is 3. The zero-order valence-electron chi connectivity index (χ0n) is 34.4. The molecule has 0 saturated heterocycles. The number of hydrogen-bond acceptors (Lipinski definition) is 6. The van der Waals surface area contributed by atoms with E-state index in [1.807, 2.05) is 88.0 Å². The van der Waals surface area contributed by atoms with Gasteiger partial charge in [0.05, 0.1) is 34.4 Å². The lowest BCUT2D eigenvalue weighted by molar-refractivity contribution is -0.887.